The zero-order chi connectivity index (χ0) is 15.0. The average molecular weight is 286 g/mol. The summed E-state index contributed by atoms with van der Waals surface area (Å²) in [5.41, 5.74) is 4.64. The fourth-order valence-electron chi connectivity index (χ4n) is 3.26. The Labute approximate surface area is 125 Å². The molecule has 1 aliphatic rings. The van der Waals surface area contributed by atoms with Crippen LogP contribution in [-0.2, 0) is 12.6 Å². The highest BCUT2D eigenvalue weighted by atomic mass is 16.5. The number of methoxy groups -OCH3 is 1. The summed E-state index contributed by atoms with van der Waals surface area (Å²) >= 11 is 0. The fraction of sp³-hybridized carbons (Fsp3) is 0.412. The van der Waals surface area contributed by atoms with E-state index >= 15 is 0 Å². The Morgan fingerprint density at radius 2 is 2.14 bits per heavy atom. The van der Waals surface area contributed by atoms with Crippen molar-refractivity contribution in [2.24, 2.45) is 7.05 Å². The van der Waals surface area contributed by atoms with Gasteiger partial charge in [0.05, 0.1) is 18.3 Å². The van der Waals surface area contributed by atoms with Gasteiger partial charge in [-0.15, -0.1) is 0 Å². The number of aliphatic hydroxyl groups excluding tert-OH is 1. The van der Waals surface area contributed by atoms with Gasteiger partial charge in [0.1, 0.15) is 5.75 Å². The average Bonchev–Trinajstić information content (AvgIpc) is 2.88. The molecule has 0 aliphatic carbocycles. The predicted octanol–water partition coefficient (Wildman–Crippen LogP) is 3.11. The van der Waals surface area contributed by atoms with E-state index in [1.165, 1.54) is 16.8 Å². The molecule has 0 spiro atoms. The van der Waals surface area contributed by atoms with E-state index in [-0.39, 0.29) is 12.1 Å². The lowest BCUT2D eigenvalue weighted by atomic mass is 9.82. The first-order chi connectivity index (χ1) is 10.1. The Bertz CT molecular complexity index is 663. The van der Waals surface area contributed by atoms with Crippen molar-refractivity contribution in [1.82, 2.24) is 4.57 Å². The van der Waals surface area contributed by atoms with E-state index in [1.807, 2.05) is 12.1 Å². The number of benzene rings is 1. The second-order valence-corrected chi connectivity index (χ2v) is 5.88. The monoisotopic (exact) mass is 286 g/mol. The number of rotatable bonds is 4. The highest BCUT2D eigenvalue weighted by Gasteiger charge is 2.35. The summed E-state index contributed by atoms with van der Waals surface area (Å²) in [7, 11) is 3.76. The molecule has 0 bridgehead atoms. The Morgan fingerprint density at radius 1 is 1.33 bits per heavy atom. The second-order valence-electron chi connectivity index (χ2n) is 5.88. The first-order valence-electron chi connectivity index (χ1n) is 7.32. The van der Waals surface area contributed by atoms with Crippen LogP contribution in [0.4, 0.5) is 5.69 Å². The quantitative estimate of drug-likeness (QED) is 0.908. The van der Waals surface area contributed by atoms with Crippen LogP contribution in [0, 0.1) is 0 Å². The third kappa shape index (κ3) is 2.20. The molecule has 21 heavy (non-hydrogen) atoms. The van der Waals surface area contributed by atoms with Gasteiger partial charge in [-0.3, -0.25) is 0 Å². The van der Waals surface area contributed by atoms with Crippen molar-refractivity contribution in [3.63, 3.8) is 0 Å². The zero-order valence-electron chi connectivity index (χ0n) is 12.8. The zero-order valence-corrected chi connectivity index (χ0v) is 12.8. The van der Waals surface area contributed by atoms with E-state index < -0.39 is 0 Å². The molecule has 1 aliphatic heterocycles. The minimum absolute atomic E-state index is 0.168. The molecule has 0 amide bonds. The van der Waals surface area contributed by atoms with Crippen molar-refractivity contribution < 1.29 is 9.84 Å². The lowest BCUT2D eigenvalue weighted by molar-refractivity contribution is 0.270. The molecule has 1 aromatic heterocycles. The van der Waals surface area contributed by atoms with Gasteiger partial charge in [0.15, 0.2) is 0 Å². The lowest BCUT2D eigenvalue weighted by Gasteiger charge is -2.38. The Hall–Kier alpha value is -1.94. The number of aryl methyl sites for hydroxylation is 1. The number of fused-ring (bicyclic) bond motifs is 3. The maximum Gasteiger partial charge on any atom is 0.120 e. The maximum absolute atomic E-state index is 9.19. The number of hydrogen-bond acceptors (Lipinski definition) is 3. The standard InChI is InChI=1S/C17H22N2O2/c1-17(8-4-10-20)14-7-9-19(2)16(14)13-6-5-12(21-3)11-15(13)18-17/h5-7,9,11,18,20H,4,8,10H2,1-3H3/t17-/m1/s1. The first-order valence-corrected chi connectivity index (χ1v) is 7.32. The summed E-state index contributed by atoms with van der Waals surface area (Å²) in [5.74, 6) is 0.850. The molecule has 4 heteroatoms. The molecule has 3 rings (SSSR count). The number of aliphatic hydroxyl groups is 1. The van der Waals surface area contributed by atoms with Gasteiger partial charge >= 0.3 is 0 Å². The minimum Gasteiger partial charge on any atom is -0.497 e. The Kier molecular flexibility index (Phi) is 3.41. The molecular formula is C17H22N2O2. The minimum atomic E-state index is -0.168. The maximum atomic E-state index is 9.19. The summed E-state index contributed by atoms with van der Waals surface area (Å²) in [6.07, 6.45) is 3.76. The molecule has 0 unspecified atom stereocenters. The second kappa shape index (κ2) is 5.11. The van der Waals surface area contributed by atoms with Crippen LogP contribution in [0.3, 0.4) is 0 Å². The van der Waals surface area contributed by atoms with Gasteiger partial charge in [-0.05, 0) is 38.0 Å². The van der Waals surface area contributed by atoms with E-state index in [2.05, 4.69) is 42.2 Å². The van der Waals surface area contributed by atoms with Gasteiger partial charge in [0.2, 0.25) is 0 Å². The lowest BCUT2D eigenvalue weighted by Crippen LogP contribution is -2.35. The van der Waals surface area contributed by atoms with Crippen molar-refractivity contribution in [2.75, 3.05) is 19.0 Å². The highest BCUT2D eigenvalue weighted by molar-refractivity contribution is 5.84. The summed E-state index contributed by atoms with van der Waals surface area (Å²) in [4.78, 5) is 0. The topological polar surface area (TPSA) is 46.4 Å². The van der Waals surface area contributed by atoms with E-state index in [0.29, 0.717) is 0 Å². The fourth-order valence-corrected chi connectivity index (χ4v) is 3.26. The molecule has 0 saturated carbocycles. The van der Waals surface area contributed by atoms with Crippen LogP contribution >= 0.6 is 0 Å². The first kappa shape index (κ1) is 14.0. The number of hydrogen-bond donors (Lipinski definition) is 2. The van der Waals surface area contributed by atoms with Crippen molar-refractivity contribution in [3.8, 4) is 17.0 Å². The molecule has 0 fully saturated rings. The summed E-state index contributed by atoms with van der Waals surface area (Å²) < 4.78 is 7.51. The highest BCUT2D eigenvalue weighted by Crippen LogP contribution is 2.46. The summed E-state index contributed by atoms with van der Waals surface area (Å²) in [6, 6.07) is 8.31. The number of nitrogens with zero attached hydrogens (tertiary/aromatic N) is 1. The van der Waals surface area contributed by atoms with Gasteiger partial charge in [-0.1, -0.05) is 0 Å². The van der Waals surface area contributed by atoms with Crippen molar-refractivity contribution in [1.29, 1.82) is 0 Å². The number of aromatic nitrogens is 1. The van der Waals surface area contributed by atoms with Gasteiger partial charge in [-0.25, -0.2) is 0 Å². The van der Waals surface area contributed by atoms with Gasteiger partial charge in [-0.2, -0.15) is 0 Å². The molecular weight excluding hydrogens is 264 g/mol. The predicted molar refractivity (Wildman–Crippen MR) is 84.7 cm³/mol. The van der Waals surface area contributed by atoms with Crippen LogP contribution in [0.1, 0.15) is 25.3 Å². The molecule has 1 atom stereocenters. The van der Waals surface area contributed by atoms with Gasteiger partial charge in [0, 0.05) is 42.7 Å². The van der Waals surface area contributed by atoms with Crippen molar-refractivity contribution in [2.45, 2.75) is 25.3 Å². The van der Waals surface area contributed by atoms with Crippen LogP contribution in [0.5, 0.6) is 5.75 Å². The van der Waals surface area contributed by atoms with E-state index in [0.717, 1.165) is 24.3 Å². The Morgan fingerprint density at radius 3 is 2.86 bits per heavy atom. The van der Waals surface area contributed by atoms with Crippen LogP contribution in [0.2, 0.25) is 0 Å². The molecule has 112 valence electrons. The van der Waals surface area contributed by atoms with Crippen molar-refractivity contribution in [3.05, 3.63) is 36.0 Å². The van der Waals surface area contributed by atoms with Crippen LogP contribution in [0.25, 0.3) is 11.3 Å². The molecule has 0 radical (unpaired) electrons. The molecule has 2 heterocycles. The summed E-state index contributed by atoms with van der Waals surface area (Å²) in [5, 5.41) is 12.8. The summed E-state index contributed by atoms with van der Waals surface area (Å²) in [6.45, 7) is 2.41. The number of anilines is 1. The Balaban J connectivity index is 2.14. The molecule has 4 nitrogen and oxygen atoms in total. The molecule has 1 aromatic carbocycles. The van der Waals surface area contributed by atoms with Gasteiger partial charge < -0.3 is 19.7 Å². The molecule has 2 aromatic rings. The smallest absolute Gasteiger partial charge is 0.120 e. The van der Waals surface area contributed by atoms with Crippen LogP contribution in [-0.4, -0.2) is 23.4 Å². The third-order valence-corrected chi connectivity index (χ3v) is 4.39. The number of ether oxygens (including phenoxy) is 1. The molecule has 0 saturated heterocycles. The van der Waals surface area contributed by atoms with E-state index in [9.17, 15) is 5.11 Å². The third-order valence-electron chi connectivity index (χ3n) is 4.39. The largest absolute Gasteiger partial charge is 0.497 e. The number of nitrogens with one attached hydrogen (secondary N) is 1. The van der Waals surface area contributed by atoms with Crippen molar-refractivity contribution >= 4 is 5.69 Å². The van der Waals surface area contributed by atoms with E-state index in [1.54, 1.807) is 7.11 Å². The van der Waals surface area contributed by atoms with E-state index in [4.69, 9.17) is 4.74 Å². The molecule has 2 N–H and O–H groups in total. The van der Waals surface area contributed by atoms with Crippen LogP contribution < -0.4 is 10.1 Å². The SMILES string of the molecule is COc1ccc2c(c1)N[C@](C)(CCCO)c1ccn(C)c1-2. The normalized spacial score (nSPS) is 19.6. The van der Waals surface area contributed by atoms with Gasteiger partial charge in [0.25, 0.3) is 0 Å². The van der Waals surface area contributed by atoms with Crippen LogP contribution in [0.15, 0.2) is 30.5 Å².